The second-order valence-electron chi connectivity index (χ2n) is 6.24. The van der Waals surface area contributed by atoms with Crippen LogP contribution in [0, 0.1) is 0 Å². The van der Waals surface area contributed by atoms with Crippen molar-refractivity contribution in [1.82, 2.24) is 4.57 Å². The van der Waals surface area contributed by atoms with E-state index < -0.39 is 0 Å². The van der Waals surface area contributed by atoms with Crippen molar-refractivity contribution in [2.24, 2.45) is 0 Å². The van der Waals surface area contributed by atoms with Gasteiger partial charge in [-0.05, 0) is 42.8 Å². The summed E-state index contributed by atoms with van der Waals surface area (Å²) in [5, 5.41) is 1.10. The van der Waals surface area contributed by atoms with E-state index in [2.05, 4.69) is 0 Å². The van der Waals surface area contributed by atoms with Gasteiger partial charge in [-0.25, -0.2) is 0 Å². The third-order valence-corrected chi connectivity index (χ3v) is 4.50. The van der Waals surface area contributed by atoms with Crippen molar-refractivity contribution < 1.29 is 4.79 Å². The molecule has 0 aliphatic rings. The van der Waals surface area contributed by atoms with Crippen LogP contribution in [0.2, 0.25) is 0 Å². The summed E-state index contributed by atoms with van der Waals surface area (Å²) in [4.78, 5) is 26.1. The van der Waals surface area contributed by atoms with Crippen molar-refractivity contribution >= 4 is 33.8 Å². The van der Waals surface area contributed by atoms with Crippen molar-refractivity contribution in [3.63, 3.8) is 0 Å². The molecule has 0 saturated heterocycles. The molecular weight excluding hydrogens is 322 g/mol. The van der Waals surface area contributed by atoms with E-state index in [1.165, 1.54) is 0 Å². The summed E-state index contributed by atoms with van der Waals surface area (Å²) in [6.45, 7) is 1.80. The molecule has 3 nitrogen and oxygen atoms in total. The molecule has 3 heteroatoms. The zero-order chi connectivity index (χ0) is 18.1. The Hall–Kier alpha value is -3.46. The number of aromatic nitrogens is 1. The molecule has 0 saturated carbocycles. The Balaban J connectivity index is 2.01. The smallest absolute Gasteiger partial charge is 0.258 e. The number of allylic oxidation sites excluding steroid dienone is 1. The van der Waals surface area contributed by atoms with Gasteiger partial charge in [-0.15, -0.1) is 0 Å². The van der Waals surface area contributed by atoms with Crippen LogP contribution in [0.1, 0.15) is 17.3 Å². The predicted octanol–water partition coefficient (Wildman–Crippen LogP) is 4.90. The Morgan fingerprint density at radius 2 is 1.27 bits per heavy atom. The van der Waals surface area contributed by atoms with Gasteiger partial charge in [-0.3, -0.25) is 14.2 Å². The van der Waals surface area contributed by atoms with E-state index in [4.69, 9.17) is 0 Å². The van der Waals surface area contributed by atoms with Crippen LogP contribution >= 0.6 is 0 Å². The minimum absolute atomic E-state index is 0.0510. The van der Waals surface area contributed by atoms with Gasteiger partial charge >= 0.3 is 0 Å². The van der Waals surface area contributed by atoms with Crippen molar-refractivity contribution in [2.75, 3.05) is 0 Å². The van der Waals surface area contributed by atoms with Crippen molar-refractivity contribution in [3.05, 3.63) is 100 Å². The molecule has 1 heterocycles. The number of para-hydroxylation sites is 2. The Kier molecular flexibility index (Phi) is 3.98. The fourth-order valence-corrected chi connectivity index (χ4v) is 3.25. The van der Waals surface area contributed by atoms with Gasteiger partial charge in [0.2, 0.25) is 0 Å². The lowest BCUT2D eigenvalue weighted by atomic mass is 10.1. The van der Waals surface area contributed by atoms with E-state index in [0.717, 1.165) is 5.56 Å². The van der Waals surface area contributed by atoms with E-state index in [1.54, 1.807) is 23.6 Å². The Bertz CT molecular complexity index is 1160. The van der Waals surface area contributed by atoms with Gasteiger partial charge in [-0.2, -0.15) is 0 Å². The highest BCUT2D eigenvalue weighted by Crippen LogP contribution is 2.21. The SMILES string of the molecule is C/C(=C\c1ccccc1)C(=O)n1c2ccccc2c(=O)c2ccccc21. The predicted molar refractivity (Wildman–Crippen MR) is 106 cm³/mol. The number of rotatable bonds is 2. The van der Waals surface area contributed by atoms with Crippen LogP contribution in [0.4, 0.5) is 0 Å². The molecule has 0 atom stereocenters. The standard InChI is InChI=1S/C23H17NO2/c1-16(15-17-9-3-2-4-10-17)23(26)24-20-13-7-5-11-18(20)22(25)19-12-6-8-14-21(19)24/h2-15H,1H3/b16-15+. The molecule has 0 fully saturated rings. The summed E-state index contributed by atoms with van der Waals surface area (Å²) < 4.78 is 1.64. The monoisotopic (exact) mass is 339 g/mol. The molecule has 0 radical (unpaired) electrons. The molecule has 0 unspecified atom stereocenters. The highest BCUT2D eigenvalue weighted by Gasteiger charge is 2.16. The van der Waals surface area contributed by atoms with Crippen LogP contribution in [0.15, 0.2) is 89.2 Å². The molecule has 0 bridgehead atoms. The summed E-state index contributed by atoms with van der Waals surface area (Å²) in [7, 11) is 0. The number of hydrogen-bond acceptors (Lipinski definition) is 2. The third-order valence-electron chi connectivity index (χ3n) is 4.50. The Morgan fingerprint density at radius 1 is 0.769 bits per heavy atom. The maximum atomic E-state index is 13.3. The minimum atomic E-state index is -0.138. The van der Waals surface area contributed by atoms with Crippen molar-refractivity contribution in [3.8, 4) is 0 Å². The molecule has 126 valence electrons. The molecule has 0 N–H and O–H groups in total. The largest absolute Gasteiger partial charge is 0.288 e. The van der Waals surface area contributed by atoms with Gasteiger partial charge in [0, 0.05) is 16.3 Å². The maximum Gasteiger partial charge on any atom is 0.258 e. The Labute approximate surface area is 150 Å². The van der Waals surface area contributed by atoms with Crippen molar-refractivity contribution in [1.29, 1.82) is 0 Å². The molecule has 0 aliphatic heterocycles. The van der Waals surface area contributed by atoms with Crippen LogP contribution < -0.4 is 5.43 Å². The lowest BCUT2D eigenvalue weighted by Crippen LogP contribution is -2.18. The van der Waals surface area contributed by atoms with Gasteiger partial charge in [0.25, 0.3) is 5.91 Å². The van der Waals surface area contributed by atoms with Gasteiger partial charge in [0.15, 0.2) is 5.43 Å². The summed E-state index contributed by atoms with van der Waals surface area (Å²) in [5.74, 6) is -0.138. The maximum absolute atomic E-state index is 13.3. The average molecular weight is 339 g/mol. The molecule has 0 spiro atoms. The van der Waals surface area contributed by atoms with Gasteiger partial charge < -0.3 is 0 Å². The number of hydrogen-bond donors (Lipinski definition) is 0. The molecule has 4 aromatic rings. The summed E-state index contributed by atoms with van der Waals surface area (Å²) >= 11 is 0. The first-order valence-electron chi connectivity index (χ1n) is 8.47. The van der Waals surface area contributed by atoms with Crippen LogP contribution in [-0.4, -0.2) is 10.5 Å². The highest BCUT2D eigenvalue weighted by molar-refractivity contribution is 6.09. The van der Waals surface area contributed by atoms with Crippen molar-refractivity contribution in [2.45, 2.75) is 6.92 Å². The minimum Gasteiger partial charge on any atom is -0.288 e. The first kappa shape index (κ1) is 16.0. The highest BCUT2D eigenvalue weighted by atomic mass is 16.2. The van der Waals surface area contributed by atoms with E-state index in [9.17, 15) is 9.59 Å². The van der Waals surface area contributed by atoms with Crippen LogP contribution in [-0.2, 0) is 0 Å². The topological polar surface area (TPSA) is 39.1 Å². The van der Waals surface area contributed by atoms with E-state index >= 15 is 0 Å². The average Bonchev–Trinajstić information content (AvgIpc) is 2.69. The lowest BCUT2D eigenvalue weighted by Gasteiger charge is -2.14. The fraction of sp³-hybridized carbons (Fsp3) is 0.0435. The Morgan fingerprint density at radius 3 is 1.85 bits per heavy atom. The number of carbonyl (C=O) groups excluding carboxylic acids is 1. The molecule has 0 amide bonds. The lowest BCUT2D eigenvalue weighted by molar-refractivity contribution is 0.0965. The third kappa shape index (κ3) is 2.64. The molecule has 4 rings (SSSR count). The molecular formula is C23H17NO2. The van der Waals surface area contributed by atoms with Gasteiger partial charge in [-0.1, -0.05) is 54.6 Å². The fourth-order valence-electron chi connectivity index (χ4n) is 3.25. The van der Waals surface area contributed by atoms with Crippen LogP contribution in [0.5, 0.6) is 0 Å². The number of benzene rings is 3. The first-order valence-corrected chi connectivity index (χ1v) is 8.47. The first-order chi connectivity index (χ1) is 12.7. The summed E-state index contributed by atoms with van der Waals surface area (Å²) in [6.07, 6.45) is 1.87. The summed E-state index contributed by atoms with van der Waals surface area (Å²) in [5.41, 5.74) is 2.78. The molecule has 1 aromatic heterocycles. The second kappa shape index (κ2) is 6.45. The molecule has 0 aliphatic carbocycles. The van der Waals surface area contributed by atoms with E-state index in [-0.39, 0.29) is 11.3 Å². The number of fused-ring (bicyclic) bond motifs is 2. The van der Waals surface area contributed by atoms with Crippen LogP contribution in [0.25, 0.3) is 27.9 Å². The number of carbonyl (C=O) groups is 1. The number of nitrogens with zero attached hydrogens (tertiary/aromatic N) is 1. The quantitative estimate of drug-likeness (QED) is 0.385. The molecule has 26 heavy (non-hydrogen) atoms. The molecule has 3 aromatic carbocycles. The van der Waals surface area contributed by atoms with Gasteiger partial charge in [0.05, 0.1) is 11.0 Å². The zero-order valence-electron chi connectivity index (χ0n) is 14.3. The number of pyridine rings is 1. The van der Waals surface area contributed by atoms with Gasteiger partial charge in [0.1, 0.15) is 0 Å². The normalized spacial score (nSPS) is 11.8. The van der Waals surface area contributed by atoms with E-state index in [0.29, 0.717) is 27.4 Å². The zero-order valence-corrected chi connectivity index (χ0v) is 14.3. The summed E-state index contributed by atoms with van der Waals surface area (Å²) in [6, 6.07) is 24.2. The van der Waals surface area contributed by atoms with E-state index in [1.807, 2.05) is 72.8 Å². The van der Waals surface area contributed by atoms with Crippen LogP contribution in [0.3, 0.4) is 0 Å². The second-order valence-corrected chi connectivity index (χ2v) is 6.24.